The highest BCUT2D eigenvalue weighted by atomic mass is 35.5. The average molecular weight is 217 g/mol. The second-order valence-electron chi connectivity index (χ2n) is 3.53. The first-order valence-electron chi connectivity index (χ1n) is 5.15. The van der Waals surface area contributed by atoms with Crippen LogP contribution < -0.4 is 0 Å². The van der Waals surface area contributed by atoms with E-state index in [4.69, 9.17) is 11.6 Å². The van der Waals surface area contributed by atoms with Crippen LogP contribution in [0.5, 0.6) is 0 Å². The molecule has 0 aromatic heterocycles. The van der Waals surface area contributed by atoms with Gasteiger partial charge in [-0.3, -0.25) is 0 Å². The van der Waals surface area contributed by atoms with Crippen molar-refractivity contribution in [3.8, 4) is 11.1 Å². The summed E-state index contributed by atoms with van der Waals surface area (Å²) in [6.45, 7) is 2.16. The van der Waals surface area contributed by atoms with Gasteiger partial charge in [0.05, 0.1) is 0 Å². The van der Waals surface area contributed by atoms with Gasteiger partial charge in [0.25, 0.3) is 0 Å². The Hall–Kier alpha value is -1.27. The van der Waals surface area contributed by atoms with Crippen molar-refractivity contribution in [3.05, 3.63) is 59.1 Å². The van der Waals surface area contributed by atoms with Crippen molar-refractivity contribution in [2.24, 2.45) is 0 Å². The first kappa shape index (κ1) is 10.3. The van der Waals surface area contributed by atoms with Crippen LogP contribution in [0.1, 0.15) is 12.5 Å². The van der Waals surface area contributed by atoms with Gasteiger partial charge in [0.2, 0.25) is 0 Å². The van der Waals surface area contributed by atoms with Gasteiger partial charge in [-0.25, -0.2) is 0 Å². The van der Waals surface area contributed by atoms with Gasteiger partial charge in [0.15, 0.2) is 0 Å². The summed E-state index contributed by atoms with van der Waals surface area (Å²) in [5.74, 6) is 0. The standard InChI is InChI=1S/C14H13Cl/c1-2-11-7-9-12(10-8-11)13-5-3-4-6-14(13)15/h3-10H,2H2,1H3. The molecule has 0 saturated heterocycles. The minimum absolute atomic E-state index is 0.807. The van der Waals surface area contributed by atoms with E-state index in [-0.39, 0.29) is 0 Å². The number of halogens is 1. The quantitative estimate of drug-likeness (QED) is 0.690. The highest BCUT2D eigenvalue weighted by Gasteiger charge is 2.01. The molecular formula is C14H13Cl. The second kappa shape index (κ2) is 4.50. The molecule has 15 heavy (non-hydrogen) atoms. The van der Waals surface area contributed by atoms with Crippen molar-refractivity contribution in [1.29, 1.82) is 0 Å². The van der Waals surface area contributed by atoms with E-state index in [1.807, 2.05) is 24.3 Å². The Morgan fingerprint density at radius 2 is 1.60 bits per heavy atom. The van der Waals surface area contributed by atoms with Crippen LogP contribution in [0.25, 0.3) is 11.1 Å². The van der Waals surface area contributed by atoms with Crippen LogP contribution in [0.3, 0.4) is 0 Å². The van der Waals surface area contributed by atoms with Gasteiger partial charge in [-0.15, -0.1) is 0 Å². The van der Waals surface area contributed by atoms with Crippen LogP contribution in [0.4, 0.5) is 0 Å². The lowest BCUT2D eigenvalue weighted by molar-refractivity contribution is 1.14. The molecule has 0 aliphatic heterocycles. The highest BCUT2D eigenvalue weighted by Crippen LogP contribution is 2.27. The van der Waals surface area contributed by atoms with E-state index in [0.29, 0.717) is 0 Å². The average Bonchev–Trinajstić information content (AvgIpc) is 2.30. The fraction of sp³-hybridized carbons (Fsp3) is 0.143. The van der Waals surface area contributed by atoms with Gasteiger partial charge in [0, 0.05) is 10.6 Å². The van der Waals surface area contributed by atoms with Crippen LogP contribution in [0.2, 0.25) is 5.02 Å². The normalized spacial score (nSPS) is 10.3. The molecule has 0 N–H and O–H groups in total. The van der Waals surface area contributed by atoms with Crippen LogP contribution in [0.15, 0.2) is 48.5 Å². The maximum absolute atomic E-state index is 6.13. The Labute approximate surface area is 95.5 Å². The van der Waals surface area contributed by atoms with Gasteiger partial charge < -0.3 is 0 Å². The first-order chi connectivity index (χ1) is 7.31. The zero-order chi connectivity index (χ0) is 10.7. The van der Waals surface area contributed by atoms with E-state index in [2.05, 4.69) is 31.2 Å². The van der Waals surface area contributed by atoms with E-state index >= 15 is 0 Å². The predicted molar refractivity (Wildman–Crippen MR) is 66.3 cm³/mol. The molecule has 0 unspecified atom stereocenters. The Morgan fingerprint density at radius 1 is 0.933 bits per heavy atom. The van der Waals surface area contributed by atoms with E-state index in [1.165, 1.54) is 11.1 Å². The monoisotopic (exact) mass is 216 g/mol. The van der Waals surface area contributed by atoms with Crippen molar-refractivity contribution in [2.75, 3.05) is 0 Å². The summed E-state index contributed by atoms with van der Waals surface area (Å²) in [4.78, 5) is 0. The van der Waals surface area contributed by atoms with Gasteiger partial charge in [-0.05, 0) is 23.6 Å². The molecule has 0 fully saturated rings. The lowest BCUT2D eigenvalue weighted by Gasteiger charge is -2.04. The molecule has 0 aliphatic carbocycles. The first-order valence-corrected chi connectivity index (χ1v) is 5.53. The summed E-state index contributed by atoms with van der Waals surface area (Å²) in [5.41, 5.74) is 3.63. The minimum atomic E-state index is 0.807. The van der Waals surface area contributed by atoms with Gasteiger partial charge in [-0.1, -0.05) is 61.0 Å². The highest BCUT2D eigenvalue weighted by molar-refractivity contribution is 6.33. The smallest absolute Gasteiger partial charge is 0.0484 e. The Balaban J connectivity index is 2.42. The SMILES string of the molecule is CCc1ccc(-c2ccccc2Cl)cc1. The zero-order valence-electron chi connectivity index (χ0n) is 8.70. The maximum Gasteiger partial charge on any atom is 0.0484 e. The number of aryl methyl sites for hydroxylation is 1. The summed E-state index contributed by atoms with van der Waals surface area (Å²) < 4.78 is 0. The zero-order valence-corrected chi connectivity index (χ0v) is 9.46. The molecule has 0 atom stereocenters. The lowest BCUT2D eigenvalue weighted by Crippen LogP contribution is -1.82. The molecule has 76 valence electrons. The molecule has 0 nitrogen and oxygen atoms in total. The fourth-order valence-electron chi connectivity index (χ4n) is 1.62. The second-order valence-corrected chi connectivity index (χ2v) is 3.94. The number of hydrogen-bond acceptors (Lipinski definition) is 0. The molecule has 0 spiro atoms. The van der Waals surface area contributed by atoms with Crippen LogP contribution in [-0.4, -0.2) is 0 Å². The minimum Gasteiger partial charge on any atom is -0.0837 e. The summed E-state index contributed by atoms with van der Waals surface area (Å²) in [5, 5.41) is 0.807. The van der Waals surface area contributed by atoms with Crippen LogP contribution in [0, 0.1) is 0 Å². The molecule has 2 rings (SSSR count). The molecule has 0 bridgehead atoms. The third-order valence-electron chi connectivity index (χ3n) is 2.55. The Kier molecular flexibility index (Phi) is 3.08. The number of benzene rings is 2. The van der Waals surface area contributed by atoms with Crippen molar-refractivity contribution < 1.29 is 0 Å². The third kappa shape index (κ3) is 2.21. The van der Waals surface area contributed by atoms with Gasteiger partial charge in [-0.2, -0.15) is 0 Å². The predicted octanol–water partition coefficient (Wildman–Crippen LogP) is 4.57. The summed E-state index contributed by atoms with van der Waals surface area (Å²) in [7, 11) is 0. The van der Waals surface area contributed by atoms with E-state index in [9.17, 15) is 0 Å². The van der Waals surface area contributed by atoms with Crippen molar-refractivity contribution in [3.63, 3.8) is 0 Å². The Bertz CT molecular complexity index is 443. The topological polar surface area (TPSA) is 0 Å². The number of hydrogen-bond donors (Lipinski definition) is 0. The third-order valence-corrected chi connectivity index (χ3v) is 2.88. The molecular weight excluding hydrogens is 204 g/mol. The van der Waals surface area contributed by atoms with Gasteiger partial charge >= 0.3 is 0 Å². The van der Waals surface area contributed by atoms with Gasteiger partial charge in [0.1, 0.15) is 0 Å². The van der Waals surface area contributed by atoms with Crippen LogP contribution in [-0.2, 0) is 6.42 Å². The lowest BCUT2D eigenvalue weighted by atomic mass is 10.0. The molecule has 0 heterocycles. The van der Waals surface area contributed by atoms with Crippen LogP contribution >= 0.6 is 11.6 Å². The van der Waals surface area contributed by atoms with E-state index < -0.39 is 0 Å². The molecule has 2 aromatic carbocycles. The van der Waals surface area contributed by atoms with Crippen molar-refractivity contribution in [2.45, 2.75) is 13.3 Å². The molecule has 0 radical (unpaired) electrons. The summed E-state index contributed by atoms with van der Waals surface area (Å²) >= 11 is 6.13. The molecule has 1 heteroatoms. The van der Waals surface area contributed by atoms with Crippen molar-refractivity contribution >= 4 is 11.6 Å². The summed E-state index contributed by atoms with van der Waals surface area (Å²) in [6.07, 6.45) is 1.07. The molecule has 0 aliphatic rings. The molecule has 2 aromatic rings. The van der Waals surface area contributed by atoms with E-state index in [0.717, 1.165) is 17.0 Å². The number of rotatable bonds is 2. The maximum atomic E-state index is 6.13. The fourth-order valence-corrected chi connectivity index (χ4v) is 1.86. The molecule has 0 amide bonds. The summed E-state index contributed by atoms with van der Waals surface area (Å²) in [6, 6.07) is 16.5. The van der Waals surface area contributed by atoms with Crippen molar-refractivity contribution in [1.82, 2.24) is 0 Å². The Morgan fingerprint density at radius 3 is 2.20 bits per heavy atom. The van der Waals surface area contributed by atoms with E-state index in [1.54, 1.807) is 0 Å². The largest absolute Gasteiger partial charge is 0.0837 e. The molecule has 0 saturated carbocycles.